The monoisotopic (exact) mass is 290 g/mol. The second-order valence-electron chi connectivity index (χ2n) is 6.04. The van der Waals surface area contributed by atoms with Gasteiger partial charge >= 0.3 is 5.97 Å². The summed E-state index contributed by atoms with van der Waals surface area (Å²) in [5.41, 5.74) is 1.23. The number of imide groups is 1. The predicted octanol–water partition coefficient (Wildman–Crippen LogP) is 1.97. The molecule has 112 valence electrons. The highest BCUT2D eigenvalue weighted by Gasteiger charge is 2.35. The second kappa shape index (κ2) is 5.20. The normalized spacial score (nSPS) is 14.3. The van der Waals surface area contributed by atoms with Crippen LogP contribution in [-0.4, -0.2) is 39.9 Å². The van der Waals surface area contributed by atoms with E-state index in [1.807, 2.05) is 20.8 Å². The summed E-state index contributed by atoms with van der Waals surface area (Å²) in [6, 6.07) is 4.99. The Kier molecular flexibility index (Phi) is 3.72. The van der Waals surface area contributed by atoms with Crippen LogP contribution in [-0.2, 0) is 4.79 Å². The minimum atomic E-state index is -1.04. The number of fused-ring (bicyclic) bond motifs is 1. The zero-order chi connectivity index (χ0) is 15.8. The largest absolute Gasteiger partial charge is 0.481 e. The molecule has 0 aliphatic carbocycles. The molecule has 0 radical (unpaired) electrons. The molecule has 2 rings (SSSR count). The van der Waals surface area contributed by atoms with Crippen LogP contribution in [0.3, 0.4) is 0 Å². The number of nitrogens with one attached hydrogen (secondary N) is 1. The molecule has 0 saturated heterocycles. The number of hydrogen-bond donors (Lipinski definition) is 2. The van der Waals surface area contributed by atoms with E-state index in [-0.39, 0.29) is 18.5 Å². The van der Waals surface area contributed by atoms with E-state index in [0.29, 0.717) is 11.1 Å². The van der Waals surface area contributed by atoms with Crippen molar-refractivity contribution in [1.29, 1.82) is 0 Å². The van der Waals surface area contributed by atoms with Gasteiger partial charge in [-0.15, -0.1) is 0 Å². The number of aliphatic carboxylic acids is 1. The Morgan fingerprint density at radius 3 is 2.38 bits per heavy atom. The van der Waals surface area contributed by atoms with Crippen molar-refractivity contribution in [1.82, 2.24) is 4.90 Å². The molecule has 2 amide bonds. The van der Waals surface area contributed by atoms with Gasteiger partial charge in [0.15, 0.2) is 0 Å². The van der Waals surface area contributed by atoms with Crippen LogP contribution in [0.4, 0.5) is 5.69 Å². The maximum absolute atomic E-state index is 12.2. The Morgan fingerprint density at radius 1 is 1.19 bits per heavy atom. The molecule has 6 nitrogen and oxygen atoms in total. The average Bonchev–Trinajstić information content (AvgIpc) is 2.57. The van der Waals surface area contributed by atoms with Gasteiger partial charge in [0.05, 0.1) is 17.5 Å². The third kappa shape index (κ3) is 3.21. The molecule has 0 atom stereocenters. The average molecular weight is 290 g/mol. The third-order valence-electron chi connectivity index (χ3n) is 3.04. The summed E-state index contributed by atoms with van der Waals surface area (Å²) in [6.07, 6.45) is -0.251. The Hall–Kier alpha value is -2.37. The van der Waals surface area contributed by atoms with Crippen molar-refractivity contribution in [2.24, 2.45) is 0 Å². The fraction of sp³-hybridized carbons (Fsp3) is 0.400. The van der Waals surface area contributed by atoms with Crippen LogP contribution in [0.15, 0.2) is 18.2 Å². The van der Waals surface area contributed by atoms with Crippen molar-refractivity contribution in [3.8, 4) is 0 Å². The number of rotatable bonds is 4. The number of carbonyl (C=O) groups is 3. The zero-order valence-corrected chi connectivity index (χ0v) is 12.3. The van der Waals surface area contributed by atoms with Gasteiger partial charge in [0, 0.05) is 17.8 Å². The van der Waals surface area contributed by atoms with Gasteiger partial charge in [-0.25, -0.2) is 0 Å². The van der Waals surface area contributed by atoms with Crippen LogP contribution in [0.5, 0.6) is 0 Å². The first-order valence-electron chi connectivity index (χ1n) is 6.69. The summed E-state index contributed by atoms with van der Waals surface area (Å²) in [7, 11) is 0. The van der Waals surface area contributed by atoms with Crippen LogP contribution in [0, 0.1) is 0 Å². The molecular formula is C15H18N2O4. The molecule has 0 spiro atoms. The molecule has 0 saturated carbocycles. The van der Waals surface area contributed by atoms with E-state index < -0.39 is 17.8 Å². The highest BCUT2D eigenvalue weighted by atomic mass is 16.4. The molecule has 0 fully saturated rings. The van der Waals surface area contributed by atoms with Gasteiger partial charge in [0.25, 0.3) is 11.8 Å². The van der Waals surface area contributed by atoms with Crippen LogP contribution < -0.4 is 5.32 Å². The summed E-state index contributed by atoms with van der Waals surface area (Å²) in [5, 5.41) is 11.9. The van der Waals surface area contributed by atoms with Crippen molar-refractivity contribution in [2.75, 3.05) is 11.9 Å². The molecule has 0 aromatic heterocycles. The fourth-order valence-electron chi connectivity index (χ4n) is 2.21. The Labute approximate surface area is 122 Å². The Morgan fingerprint density at radius 2 is 1.81 bits per heavy atom. The van der Waals surface area contributed by atoms with Gasteiger partial charge in [-0.3, -0.25) is 19.3 Å². The minimum Gasteiger partial charge on any atom is -0.481 e. The number of hydrogen-bond acceptors (Lipinski definition) is 4. The molecule has 1 heterocycles. The first-order chi connectivity index (χ1) is 9.69. The number of carboxylic acid groups (broad SMARTS) is 1. The lowest BCUT2D eigenvalue weighted by Gasteiger charge is -2.22. The summed E-state index contributed by atoms with van der Waals surface area (Å²) in [6.45, 7) is 5.87. The van der Waals surface area contributed by atoms with Crippen LogP contribution in [0.2, 0.25) is 0 Å². The number of anilines is 1. The number of carbonyl (C=O) groups excluding carboxylic acids is 2. The summed E-state index contributed by atoms with van der Waals surface area (Å²) in [5.74, 6) is -1.91. The van der Waals surface area contributed by atoms with Crippen LogP contribution in [0.25, 0.3) is 0 Å². The highest BCUT2D eigenvalue weighted by Crippen LogP contribution is 2.27. The number of carboxylic acids is 1. The molecular weight excluding hydrogens is 272 g/mol. The molecule has 1 aliphatic heterocycles. The lowest BCUT2D eigenvalue weighted by Crippen LogP contribution is -2.31. The highest BCUT2D eigenvalue weighted by molar-refractivity contribution is 6.21. The Bertz CT molecular complexity index is 617. The standard InChI is InChI=1S/C15H18N2O4/c1-15(2,3)16-9-4-5-10-11(8-9)14(21)17(13(10)20)7-6-12(18)19/h4-5,8,16H,6-7H2,1-3H3,(H,18,19). The first-order valence-corrected chi connectivity index (χ1v) is 6.69. The summed E-state index contributed by atoms with van der Waals surface area (Å²) >= 11 is 0. The minimum absolute atomic E-state index is 0.107. The van der Waals surface area contributed by atoms with E-state index in [0.717, 1.165) is 10.6 Å². The summed E-state index contributed by atoms with van der Waals surface area (Å²) < 4.78 is 0. The van der Waals surface area contributed by atoms with Crippen molar-refractivity contribution in [3.63, 3.8) is 0 Å². The van der Waals surface area contributed by atoms with Crippen molar-refractivity contribution in [2.45, 2.75) is 32.7 Å². The molecule has 2 N–H and O–H groups in total. The molecule has 21 heavy (non-hydrogen) atoms. The van der Waals surface area contributed by atoms with Crippen molar-refractivity contribution in [3.05, 3.63) is 29.3 Å². The van der Waals surface area contributed by atoms with E-state index in [2.05, 4.69) is 5.32 Å². The third-order valence-corrected chi connectivity index (χ3v) is 3.04. The van der Waals surface area contributed by atoms with Gasteiger partial charge in [0.1, 0.15) is 0 Å². The molecule has 0 unspecified atom stereocenters. The van der Waals surface area contributed by atoms with Gasteiger partial charge in [-0.1, -0.05) is 0 Å². The lowest BCUT2D eigenvalue weighted by molar-refractivity contribution is -0.137. The van der Waals surface area contributed by atoms with Crippen LogP contribution >= 0.6 is 0 Å². The number of amides is 2. The molecule has 0 bridgehead atoms. The van der Waals surface area contributed by atoms with Crippen molar-refractivity contribution >= 4 is 23.5 Å². The number of benzene rings is 1. The lowest BCUT2D eigenvalue weighted by atomic mass is 10.1. The van der Waals surface area contributed by atoms with E-state index in [1.165, 1.54) is 0 Å². The summed E-state index contributed by atoms with van der Waals surface area (Å²) in [4.78, 5) is 35.9. The maximum atomic E-state index is 12.2. The predicted molar refractivity (Wildman–Crippen MR) is 77.4 cm³/mol. The SMILES string of the molecule is CC(C)(C)Nc1ccc2c(c1)C(=O)N(CCC(=O)O)C2=O. The fourth-order valence-corrected chi connectivity index (χ4v) is 2.21. The molecule has 1 aromatic carbocycles. The van der Waals surface area contributed by atoms with Gasteiger partial charge in [0.2, 0.25) is 0 Å². The molecule has 1 aliphatic rings. The maximum Gasteiger partial charge on any atom is 0.305 e. The smallest absolute Gasteiger partial charge is 0.305 e. The van der Waals surface area contributed by atoms with Gasteiger partial charge in [-0.05, 0) is 39.0 Å². The Balaban J connectivity index is 2.26. The van der Waals surface area contributed by atoms with Gasteiger partial charge in [-0.2, -0.15) is 0 Å². The van der Waals surface area contributed by atoms with Gasteiger partial charge < -0.3 is 10.4 Å². The molecule has 1 aromatic rings. The van der Waals surface area contributed by atoms with E-state index in [9.17, 15) is 14.4 Å². The van der Waals surface area contributed by atoms with Crippen LogP contribution in [0.1, 0.15) is 47.9 Å². The number of nitrogens with zero attached hydrogens (tertiary/aromatic N) is 1. The van der Waals surface area contributed by atoms with E-state index in [4.69, 9.17) is 5.11 Å². The van der Waals surface area contributed by atoms with Crippen molar-refractivity contribution < 1.29 is 19.5 Å². The first kappa shape index (κ1) is 15.0. The van der Waals surface area contributed by atoms with E-state index >= 15 is 0 Å². The van der Waals surface area contributed by atoms with E-state index in [1.54, 1.807) is 18.2 Å². The second-order valence-corrected chi connectivity index (χ2v) is 6.04. The zero-order valence-electron chi connectivity index (χ0n) is 12.3. The topological polar surface area (TPSA) is 86.7 Å². The molecule has 6 heteroatoms. The quantitative estimate of drug-likeness (QED) is 0.828.